The summed E-state index contributed by atoms with van der Waals surface area (Å²) in [4.78, 5) is 11.9. The zero-order valence-electron chi connectivity index (χ0n) is 13.1. The van der Waals surface area contributed by atoms with E-state index in [0.29, 0.717) is 5.69 Å². The lowest BCUT2D eigenvalue weighted by Gasteiger charge is -2.16. The van der Waals surface area contributed by atoms with Crippen molar-refractivity contribution in [2.75, 3.05) is 0 Å². The lowest BCUT2D eigenvalue weighted by Crippen LogP contribution is -2.31. The van der Waals surface area contributed by atoms with E-state index in [1.54, 1.807) is 10.9 Å². The summed E-state index contributed by atoms with van der Waals surface area (Å²) in [5.41, 5.74) is 1.59. The first-order valence-electron chi connectivity index (χ1n) is 7.42. The second kappa shape index (κ2) is 7.17. The number of hydrogen-bond acceptors (Lipinski definition) is 4. The fourth-order valence-corrected chi connectivity index (χ4v) is 1.98. The van der Waals surface area contributed by atoms with Gasteiger partial charge in [0, 0.05) is 0 Å². The SMILES string of the molecule is CC(NC(=O)CC(O)C(C)C)c1cn(-c2ccccc2)nn1. The minimum Gasteiger partial charge on any atom is -0.392 e. The second-order valence-corrected chi connectivity index (χ2v) is 5.73. The topological polar surface area (TPSA) is 80.0 Å². The van der Waals surface area contributed by atoms with Crippen molar-refractivity contribution in [1.82, 2.24) is 20.3 Å². The van der Waals surface area contributed by atoms with Gasteiger partial charge in [0.15, 0.2) is 0 Å². The molecule has 2 unspecified atom stereocenters. The minimum atomic E-state index is -0.632. The van der Waals surface area contributed by atoms with Crippen molar-refractivity contribution in [3.05, 3.63) is 42.2 Å². The van der Waals surface area contributed by atoms with E-state index in [4.69, 9.17) is 0 Å². The first kappa shape index (κ1) is 16.2. The molecule has 0 aliphatic heterocycles. The van der Waals surface area contributed by atoms with Crippen LogP contribution in [0.1, 0.15) is 38.9 Å². The van der Waals surface area contributed by atoms with Crippen LogP contribution in [0.3, 0.4) is 0 Å². The van der Waals surface area contributed by atoms with Crippen LogP contribution in [0.15, 0.2) is 36.5 Å². The number of carbonyl (C=O) groups is 1. The predicted octanol–water partition coefficient (Wildman–Crippen LogP) is 1.85. The summed E-state index contributed by atoms with van der Waals surface area (Å²) >= 11 is 0. The van der Waals surface area contributed by atoms with Gasteiger partial charge in [-0.15, -0.1) is 5.10 Å². The number of nitrogens with one attached hydrogen (secondary N) is 1. The number of hydrogen-bond donors (Lipinski definition) is 2. The number of rotatable bonds is 6. The molecule has 2 atom stereocenters. The van der Waals surface area contributed by atoms with Gasteiger partial charge in [-0.1, -0.05) is 37.3 Å². The number of aliphatic hydroxyl groups excluding tert-OH is 1. The molecule has 2 aromatic rings. The maximum Gasteiger partial charge on any atom is 0.223 e. The highest BCUT2D eigenvalue weighted by Crippen LogP contribution is 2.13. The van der Waals surface area contributed by atoms with E-state index in [9.17, 15) is 9.90 Å². The Labute approximate surface area is 130 Å². The lowest BCUT2D eigenvalue weighted by molar-refractivity contribution is -0.124. The average molecular weight is 302 g/mol. The summed E-state index contributed by atoms with van der Waals surface area (Å²) in [6.07, 6.45) is 1.25. The fourth-order valence-electron chi connectivity index (χ4n) is 1.98. The summed E-state index contributed by atoms with van der Waals surface area (Å²) in [5, 5.41) is 20.7. The summed E-state index contributed by atoms with van der Waals surface area (Å²) in [6.45, 7) is 5.61. The Kier molecular flexibility index (Phi) is 5.27. The molecule has 0 fully saturated rings. The number of nitrogens with zero attached hydrogens (tertiary/aromatic N) is 3. The Morgan fingerprint density at radius 3 is 2.59 bits per heavy atom. The average Bonchev–Trinajstić information content (AvgIpc) is 2.97. The van der Waals surface area contributed by atoms with Crippen LogP contribution in [-0.4, -0.2) is 32.1 Å². The number of benzene rings is 1. The van der Waals surface area contributed by atoms with Crippen LogP contribution in [0, 0.1) is 5.92 Å². The fraction of sp³-hybridized carbons (Fsp3) is 0.438. The van der Waals surface area contributed by atoms with E-state index >= 15 is 0 Å². The van der Waals surface area contributed by atoms with Gasteiger partial charge in [0.05, 0.1) is 30.5 Å². The third-order valence-electron chi connectivity index (χ3n) is 3.52. The molecule has 0 spiro atoms. The zero-order chi connectivity index (χ0) is 16.1. The maximum absolute atomic E-state index is 11.9. The molecule has 1 amide bonds. The molecule has 1 aromatic carbocycles. The highest BCUT2D eigenvalue weighted by atomic mass is 16.3. The van der Waals surface area contributed by atoms with Crippen molar-refractivity contribution < 1.29 is 9.90 Å². The van der Waals surface area contributed by atoms with Crippen molar-refractivity contribution in [2.45, 2.75) is 39.3 Å². The summed E-state index contributed by atoms with van der Waals surface area (Å²) < 4.78 is 1.67. The molecule has 0 bridgehead atoms. The number of carbonyl (C=O) groups excluding carboxylic acids is 1. The molecule has 2 rings (SSSR count). The Hall–Kier alpha value is -2.21. The third-order valence-corrected chi connectivity index (χ3v) is 3.52. The quantitative estimate of drug-likeness (QED) is 0.853. The molecule has 2 N–H and O–H groups in total. The number of aromatic nitrogens is 3. The Morgan fingerprint density at radius 1 is 1.27 bits per heavy atom. The van der Waals surface area contributed by atoms with Crippen LogP contribution < -0.4 is 5.32 Å². The normalized spacial score (nSPS) is 13.9. The van der Waals surface area contributed by atoms with Crippen molar-refractivity contribution in [3.63, 3.8) is 0 Å². The van der Waals surface area contributed by atoms with Gasteiger partial charge in [0.25, 0.3) is 0 Å². The molecule has 6 heteroatoms. The molecular formula is C16H22N4O2. The van der Waals surface area contributed by atoms with Crippen LogP contribution in [0.5, 0.6) is 0 Å². The highest BCUT2D eigenvalue weighted by Gasteiger charge is 2.18. The summed E-state index contributed by atoms with van der Waals surface area (Å²) in [5.74, 6) is -0.136. The molecule has 0 aliphatic rings. The van der Waals surface area contributed by atoms with E-state index in [1.165, 1.54) is 0 Å². The van der Waals surface area contributed by atoms with Crippen molar-refractivity contribution in [1.29, 1.82) is 0 Å². The van der Waals surface area contributed by atoms with Crippen LogP contribution in [-0.2, 0) is 4.79 Å². The van der Waals surface area contributed by atoms with E-state index in [-0.39, 0.29) is 24.3 Å². The summed E-state index contributed by atoms with van der Waals surface area (Å²) in [6, 6.07) is 9.39. The Morgan fingerprint density at radius 2 is 1.95 bits per heavy atom. The molecule has 0 radical (unpaired) electrons. The van der Waals surface area contributed by atoms with Gasteiger partial charge in [-0.3, -0.25) is 4.79 Å². The second-order valence-electron chi connectivity index (χ2n) is 5.73. The molecule has 0 saturated heterocycles. The third kappa shape index (κ3) is 4.14. The smallest absolute Gasteiger partial charge is 0.223 e. The van der Waals surface area contributed by atoms with Crippen LogP contribution in [0.2, 0.25) is 0 Å². The summed E-state index contributed by atoms with van der Waals surface area (Å²) in [7, 11) is 0. The monoisotopic (exact) mass is 302 g/mol. The highest BCUT2D eigenvalue weighted by molar-refractivity contribution is 5.76. The number of amides is 1. The molecule has 1 aromatic heterocycles. The molecule has 0 saturated carbocycles. The largest absolute Gasteiger partial charge is 0.392 e. The van der Waals surface area contributed by atoms with Gasteiger partial charge < -0.3 is 10.4 Å². The van der Waals surface area contributed by atoms with Crippen LogP contribution in [0.4, 0.5) is 0 Å². The molecule has 118 valence electrons. The molecule has 1 heterocycles. The molecule has 6 nitrogen and oxygen atoms in total. The number of para-hydroxylation sites is 1. The van der Waals surface area contributed by atoms with Crippen molar-refractivity contribution >= 4 is 5.91 Å². The van der Waals surface area contributed by atoms with E-state index in [2.05, 4.69) is 15.6 Å². The zero-order valence-corrected chi connectivity index (χ0v) is 13.1. The Bertz CT molecular complexity index is 610. The van der Waals surface area contributed by atoms with Crippen LogP contribution >= 0.6 is 0 Å². The molecular weight excluding hydrogens is 280 g/mol. The molecule has 22 heavy (non-hydrogen) atoms. The van der Waals surface area contributed by atoms with Gasteiger partial charge in [0.2, 0.25) is 5.91 Å². The van der Waals surface area contributed by atoms with Gasteiger partial charge in [-0.2, -0.15) is 0 Å². The van der Waals surface area contributed by atoms with Gasteiger partial charge in [-0.05, 0) is 25.0 Å². The van der Waals surface area contributed by atoms with Crippen molar-refractivity contribution in [2.24, 2.45) is 5.92 Å². The first-order valence-corrected chi connectivity index (χ1v) is 7.42. The van der Waals surface area contributed by atoms with Crippen molar-refractivity contribution in [3.8, 4) is 5.69 Å². The first-order chi connectivity index (χ1) is 10.5. The van der Waals surface area contributed by atoms with Gasteiger partial charge in [-0.25, -0.2) is 4.68 Å². The van der Waals surface area contributed by atoms with E-state index in [1.807, 2.05) is 51.1 Å². The Balaban J connectivity index is 1.97. The lowest BCUT2D eigenvalue weighted by atomic mass is 10.0. The van der Waals surface area contributed by atoms with E-state index < -0.39 is 6.10 Å². The standard InChI is InChI=1S/C16H22N4O2/c1-11(2)15(21)9-16(22)17-12(3)14-10-20(19-18-14)13-7-5-4-6-8-13/h4-8,10-12,15,21H,9H2,1-3H3,(H,17,22). The van der Waals surface area contributed by atoms with Crippen LogP contribution in [0.25, 0.3) is 5.69 Å². The molecule has 0 aliphatic carbocycles. The van der Waals surface area contributed by atoms with Gasteiger partial charge in [0.1, 0.15) is 5.69 Å². The number of aliphatic hydroxyl groups is 1. The van der Waals surface area contributed by atoms with Gasteiger partial charge >= 0.3 is 0 Å². The maximum atomic E-state index is 11.9. The minimum absolute atomic E-state index is 0.0556. The predicted molar refractivity (Wildman–Crippen MR) is 83.4 cm³/mol. The van der Waals surface area contributed by atoms with E-state index in [0.717, 1.165) is 5.69 Å².